The third-order valence-corrected chi connectivity index (χ3v) is 5.44. The van der Waals surface area contributed by atoms with Crippen LogP contribution < -0.4 is 10.2 Å². The first-order chi connectivity index (χ1) is 12.5. The van der Waals surface area contributed by atoms with Gasteiger partial charge in [0, 0.05) is 19.5 Å². The molecule has 136 valence electrons. The standard InChI is InChI=1S/C19H21N3O4/c1-11-4-3-9-21(10-11)13-6-2-5-12-16(13)19(26)22(18(12)25)14-7-8-15(23)20-17(14)24/h2,5-6,11,14H,3-4,7-10H2,1H3,(H,20,23,24). The van der Waals surface area contributed by atoms with Crippen molar-refractivity contribution in [1.29, 1.82) is 0 Å². The fourth-order valence-corrected chi connectivity index (χ4v) is 4.17. The molecule has 0 spiro atoms. The predicted molar refractivity (Wildman–Crippen MR) is 93.7 cm³/mol. The van der Waals surface area contributed by atoms with E-state index in [9.17, 15) is 19.2 Å². The lowest BCUT2D eigenvalue weighted by atomic mass is 9.98. The summed E-state index contributed by atoms with van der Waals surface area (Å²) >= 11 is 0. The number of carbonyl (C=O) groups is 4. The maximum atomic E-state index is 13.1. The minimum absolute atomic E-state index is 0.125. The third-order valence-electron chi connectivity index (χ3n) is 5.44. The van der Waals surface area contributed by atoms with Crippen molar-refractivity contribution < 1.29 is 19.2 Å². The van der Waals surface area contributed by atoms with Crippen LogP contribution in [0.4, 0.5) is 5.69 Å². The highest BCUT2D eigenvalue weighted by Gasteiger charge is 2.46. The molecule has 26 heavy (non-hydrogen) atoms. The molecule has 3 aliphatic rings. The lowest BCUT2D eigenvalue weighted by molar-refractivity contribution is -0.136. The SMILES string of the molecule is CC1CCCN(c2cccc3c2C(=O)N(C2CCC(=O)NC2=O)C3=O)C1. The molecule has 0 radical (unpaired) electrons. The van der Waals surface area contributed by atoms with Crippen LogP contribution in [0.3, 0.4) is 0 Å². The van der Waals surface area contributed by atoms with Crippen molar-refractivity contribution in [3.63, 3.8) is 0 Å². The summed E-state index contributed by atoms with van der Waals surface area (Å²) in [5.74, 6) is -1.31. The van der Waals surface area contributed by atoms with Crippen LogP contribution in [0.25, 0.3) is 0 Å². The summed E-state index contributed by atoms with van der Waals surface area (Å²) in [5, 5.41) is 2.22. The molecule has 7 heteroatoms. The molecule has 3 heterocycles. The molecule has 2 unspecified atom stereocenters. The van der Waals surface area contributed by atoms with E-state index in [-0.39, 0.29) is 18.7 Å². The molecule has 4 amide bonds. The van der Waals surface area contributed by atoms with Crippen molar-refractivity contribution in [2.24, 2.45) is 5.92 Å². The predicted octanol–water partition coefficient (Wildman–Crippen LogP) is 1.32. The van der Waals surface area contributed by atoms with Crippen molar-refractivity contribution in [3.05, 3.63) is 29.3 Å². The number of carbonyl (C=O) groups excluding carboxylic acids is 4. The first-order valence-electron chi connectivity index (χ1n) is 9.07. The highest BCUT2D eigenvalue weighted by atomic mass is 16.2. The second-order valence-electron chi connectivity index (χ2n) is 7.34. The highest BCUT2D eigenvalue weighted by Crippen LogP contribution is 2.35. The van der Waals surface area contributed by atoms with Crippen molar-refractivity contribution in [3.8, 4) is 0 Å². The zero-order chi connectivity index (χ0) is 18.4. The van der Waals surface area contributed by atoms with Crippen LogP contribution in [-0.2, 0) is 9.59 Å². The maximum absolute atomic E-state index is 13.1. The van der Waals surface area contributed by atoms with Gasteiger partial charge in [0.1, 0.15) is 6.04 Å². The Labute approximate surface area is 151 Å². The second-order valence-corrected chi connectivity index (χ2v) is 7.34. The molecule has 1 aromatic carbocycles. The van der Waals surface area contributed by atoms with Gasteiger partial charge in [-0.25, -0.2) is 0 Å². The van der Waals surface area contributed by atoms with E-state index in [0.29, 0.717) is 17.0 Å². The number of amides is 4. The van der Waals surface area contributed by atoms with Crippen molar-refractivity contribution in [1.82, 2.24) is 10.2 Å². The number of anilines is 1. The summed E-state index contributed by atoms with van der Waals surface area (Å²) in [6, 6.07) is 4.37. The van der Waals surface area contributed by atoms with Crippen LogP contribution in [0.1, 0.15) is 53.3 Å². The number of rotatable bonds is 2. The molecule has 2 fully saturated rings. The normalized spacial score (nSPS) is 26.2. The van der Waals surface area contributed by atoms with Gasteiger partial charge < -0.3 is 4.90 Å². The summed E-state index contributed by atoms with van der Waals surface area (Å²) in [4.78, 5) is 52.7. The topological polar surface area (TPSA) is 86.8 Å². The van der Waals surface area contributed by atoms with E-state index in [1.54, 1.807) is 12.1 Å². The Morgan fingerprint density at radius 1 is 1.08 bits per heavy atom. The van der Waals surface area contributed by atoms with Gasteiger partial charge in [-0.2, -0.15) is 0 Å². The van der Waals surface area contributed by atoms with Crippen LogP contribution >= 0.6 is 0 Å². The number of imide groups is 2. The smallest absolute Gasteiger partial charge is 0.264 e. The number of hydrogen-bond acceptors (Lipinski definition) is 5. The number of nitrogens with zero attached hydrogens (tertiary/aromatic N) is 2. The van der Waals surface area contributed by atoms with Gasteiger partial charge in [0.15, 0.2) is 0 Å². The largest absolute Gasteiger partial charge is 0.371 e. The number of nitrogens with one attached hydrogen (secondary N) is 1. The lowest BCUT2D eigenvalue weighted by Gasteiger charge is -2.34. The van der Waals surface area contributed by atoms with Crippen molar-refractivity contribution in [2.75, 3.05) is 18.0 Å². The summed E-state index contributed by atoms with van der Waals surface area (Å²) in [7, 11) is 0. The molecule has 0 saturated carbocycles. The van der Waals surface area contributed by atoms with Crippen LogP contribution in [0.5, 0.6) is 0 Å². The maximum Gasteiger partial charge on any atom is 0.264 e. The zero-order valence-corrected chi connectivity index (χ0v) is 14.7. The molecule has 0 bridgehead atoms. The molecule has 2 saturated heterocycles. The van der Waals surface area contributed by atoms with Gasteiger partial charge >= 0.3 is 0 Å². The lowest BCUT2D eigenvalue weighted by Crippen LogP contribution is -2.54. The Morgan fingerprint density at radius 2 is 1.88 bits per heavy atom. The Kier molecular flexibility index (Phi) is 4.01. The van der Waals surface area contributed by atoms with Gasteiger partial charge in [0.2, 0.25) is 11.8 Å². The van der Waals surface area contributed by atoms with E-state index >= 15 is 0 Å². The Bertz CT molecular complexity index is 819. The fourth-order valence-electron chi connectivity index (χ4n) is 4.17. The van der Waals surface area contributed by atoms with E-state index in [0.717, 1.165) is 36.5 Å². The fraction of sp³-hybridized carbons (Fsp3) is 0.474. The quantitative estimate of drug-likeness (QED) is 0.809. The van der Waals surface area contributed by atoms with E-state index in [2.05, 4.69) is 17.1 Å². The first-order valence-corrected chi connectivity index (χ1v) is 9.07. The molecule has 0 aromatic heterocycles. The molecule has 2 atom stereocenters. The molecule has 7 nitrogen and oxygen atoms in total. The molecule has 0 aliphatic carbocycles. The van der Waals surface area contributed by atoms with Crippen molar-refractivity contribution in [2.45, 2.75) is 38.6 Å². The van der Waals surface area contributed by atoms with E-state index < -0.39 is 23.8 Å². The average Bonchev–Trinajstić information content (AvgIpc) is 2.87. The van der Waals surface area contributed by atoms with E-state index in [4.69, 9.17) is 0 Å². The Balaban J connectivity index is 1.69. The Morgan fingerprint density at radius 3 is 2.62 bits per heavy atom. The van der Waals surface area contributed by atoms with Gasteiger partial charge in [0.25, 0.3) is 11.8 Å². The van der Waals surface area contributed by atoms with Crippen LogP contribution in [0, 0.1) is 5.92 Å². The minimum Gasteiger partial charge on any atom is -0.371 e. The van der Waals surface area contributed by atoms with E-state index in [1.807, 2.05) is 6.07 Å². The summed E-state index contributed by atoms with van der Waals surface area (Å²) < 4.78 is 0. The van der Waals surface area contributed by atoms with Gasteiger partial charge in [0.05, 0.1) is 16.8 Å². The van der Waals surface area contributed by atoms with Crippen molar-refractivity contribution >= 4 is 29.3 Å². The van der Waals surface area contributed by atoms with Gasteiger partial charge in [-0.15, -0.1) is 0 Å². The molecule has 4 rings (SSSR count). The monoisotopic (exact) mass is 355 g/mol. The van der Waals surface area contributed by atoms with Gasteiger partial charge in [-0.1, -0.05) is 13.0 Å². The molecule has 3 aliphatic heterocycles. The number of piperidine rings is 2. The third kappa shape index (κ3) is 2.58. The number of benzene rings is 1. The molecule has 1 N–H and O–H groups in total. The van der Waals surface area contributed by atoms with E-state index in [1.165, 1.54) is 0 Å². The molecular formula is C19H21N3O4. The van der Waals surface area contributed by atoms with Gasteiger partial charge in [-0.3, -0.25) is 29.4 Å². The first kappa shape index (κ1) is 16.8. The summed E-state index contributed by atoms with van der Waals surface area (Å²) in [5.41, 5.74) is 1.49. The average molecular weight is 355 g/mol. The van der Waals surface area contributed by atoms with Gasteiger partial charge in [-0.05, 0) is 37.3 Å². The molecular weight excluding hydrogens is 334 g/mol. The van der Waals surface area contributed by atoms with Crippen LogP contribution in [-0.4, -0.2) is 47.7 Å². The summed E-state index contributed by atoms with van der Waals surface area (Å²) in [6.07, 6.45) is 2.50. The van der Waals surface area contributed by atoms with Crippen LogP contribution in [0.15, 0.2) is 18.2 Å². The Hall–Kier alpha value is -2.70. The second kappa shape index (κ2) is 6.23. The number of hydrogen-bond donors (Lipinski definition) is 1. The highest BCUT2D eigenvalue weighted by molar-refractivity contribution is 6.25. The zero-order valence-electron chi connectivity index (χ0n) is 14.7. The summed E-state index contributed by atoms with van der Waals surface area (Å²) in [6.45, 7) is 3.87. The number of fused-ring (bicyclic) bond motifs is 1. The molecule has 1 aromatic rings. The van der Waals surface area contributed by atoms with Crippen LogP contribution in [0.2, 0.25) is 0 Å². The minimum atomic E-state index is -0.923.